The highest BCUT2D eigenvalue weighted by molar-refractivity contribution is 7.27. The van der Waals surface area contributed by atoms with Gasteiger partial charge in [-0.05, 0) is 56.9 Å². The Morgan fingerprint density at radius 1 is 0.450 bits per heavy atom. The molecule has 0 fully saturated rings. The van der Waals surface area contributed by atoms with Gasteiger partial charge >= 0.3 is 0 Å². The van der Waals surface area contributed by atoms with Gasteiger partial charge in [0.15, 0.2) is 0 Å². The number of thiophene rings is 1. The number of para-hydroxylation sites is 2. The third-order valence-electron chi connectivity index (χ3n) is 8.35. The first-order valence-electron chi connectivity index (χ1n) is 13.7. The number of rotatable bonds is 2. The summed E-state index contributed by atoms with van der Waals surface area (Å²) in [5.74, 6) is 0. The highest BCUT2D eigenvalue weighted by Gasteiger charge is 2.22. The summed E-state index contributed by atoms with van der Waals surface area (Å²) >= 11 is 1.94. The van der Waals surface area contributed by atoms with E-state index in [0.29, 0.717) is 0 Å². The van der Waals surface area contributed by atoms with E-state index < -0.39 is 0 Å². The lowest BCUT2D eigenvalue weighted by Gasteiger charge is -2.10. The van der Waals surface area contributed by atoms with E-state index in [1.165, 1.54) is 80.3 Å². The van der Waals surface area contributed by atoms with Crippen LogP contribution in [0.15, 0.2) is 140 Å². The number of nitrogens with zero attached hydrogens (tertiary/aromatic N) is 1. The molecule has 0 N–H and O–H groups in total. The summed E-state index contributed by atoms with van der Waals surface area (Å²) in [6.07, 6.45) is 0. The molecule has 2 heteroatoms. The Morgan fingerprint density at radius 2 is 1.12 bits per heavy atom. The van der Waals surface area contributed by atoms with Gasteiger partial charge in [0, 0.05) is 31.9 Å². The summed E-state index contributed by atoms with van der Waals surface area (Å²) < 4.78 is 5.16. The van der Waals surface area contributed by atoms with Gasteiger partial charge in [0.1, 0.15) is 0 Å². The molecule has 0 saturated heterocycles. The van der Waals surface area contributed by atoms with Crippen LogP contribution in [0.1, 0.15) is 0 Å². The number of hydrogen-bond donors (Lipinski definition) is 0. The zero-order valence-corrected chi connectivity index (χ0v) is 22.5. The minimum atomic E-state index is 1.19. The molecule has 0 unspecified atom stereocenters. The van der Waals surface area contributed by atoms with Crippen molar-refractivity contribution >= 4 is 74.9 Å². The third kappa shape index (κ3) is 2.97. The second-order valence-electron chi connectivity index (χ2n) is 10.5. The molecule has 40 heavy (non-hydrogen) atoms. The lowest BCUT2D eigenvalue weighted by Crippen LogP contribution is -1.93. The summed E-state index contributed by atoms with van der Waals surface area (Å²) in [6, 6.07) is 50.9. The summed E-state index contributed by atoms with van der Waals surface area (Å²) in [7, 11) is 0. The highest BCUT2D eigenvalue weighted by Crippen LogP contribution is 2.49. The number of hydrogen-bond acceptors (Lipinski definition) is 1. The Morgan fingerprint density at radius 3 is 1.98 bits per heavy atom. The van der Waals surface area contributed by atoms with Crippen molar-refractivity contribution in [3.63, 3.8) is 0 Å². The number of aromatic nitrogens is 1. The number of fused-ring (bicyclic) bond motifs is 11. The second-order valence-corrected chi connectivity index (χ2v) is 11.5. The fourth-order valence-electron chi connectivity index (χ4n) is 6.63. The molecule has 0 aliphatic heterocycles. The highest BCUT2D eigenvalue weighted by atomic mass is 32.1. The lowest BCUT2D eigenvalue weighted by molar-refractivity contribution is 1.19. The zero-order valence-electron chi connectivity index (χ0n) is 21.6. The van der Waals surface area contributed by atoms with Crippen molar-refractivity contribution in [3.8, 4) is 16.8 Å². The molecule has 9 rings (SSSR count). The van der Waals surface area contributed by atoms with Gasteiger partial charge in [-0.1, -0.05) is 115 Å². The molecular weight excluding hydrogens is 502 g/mol. The molecule has 0 bridgehead atoms. The Labute approximate surface area is 235 Å². The zero-order chi connectivity index (χ0) is 26.2. The van der Waals surface area contributed by atoms with E-state index in [2.05, 4.69) is 144 Å². The maximum atomic E-state index is 2.48. The first-order valence-corrected chi connectivity index (χ1v) is 14.5. The molecule has 186 valence electrons. The molecule has 2 aromatic heterocycles. The molecule has 0 radical (unpaired) electrons. The van der Waals surface area contributed by atoms with E-state index in [1.807, 2.05) is 11.3 Å². The molecule has 0 atom stereocenters. The van der Waals surface area contributed by atoms with Crippen LogP contribution in [0.5, 0.6) is 0 Å². The SMILES string of the molecule is c1ccc(-n2c3ccccc3c3c4ccccc4c4c5cccc(-c6ccc7ccccc7c6)c5sc4c32)cc1. The van der Waals surface area contributed by atoms with Crippen LogP contribution in [-0.4, -0.2) is 4.57 Å². The molecule has 1 nitrogen and oxygen atoms in total. The van der Waals surface area contributed by atoms with E-state index in [-0.39, 0.29) is 0 Å². The van der Waals surface area contributed by atoms with Crippen LogP contribution in [0.3, 0.4) is 0 Å². The van der Waals surface area contributed by atoms with Crippen LogP contribution in [0, 0.1) is 0 Å². The molecule has 0 aliphatic rings. The Hall–Kier alpha value is -4.92. The predicted octanol–water partition coefficient (Wildman–Crippen LogP) is 11.1. The van der Waals surface area contributed by atoms with E-state index in [0.717, 1.165) is 0 Å². The van der Waals surface area contributed by atoms with E-state index in [9.17, 15) is 0 Å². The summed E-state index contributed by atoms with van der Waals surface area (Å²) in [5.41, 5.74) is 6.29. The fourth-order valence-corrected chi connectivity index (χ4v) is 8.02. The minimum absolute atomic E-state index is 1.19. The molecule has 2 heterocycles. The molecule has 0 saturated carbocycles. The Kier molecular flexibility index (Phi) is 4.55. The van der Waals surface area contributed by atoms with Crippen molar-refractivity contribution in [1.29, 1.82) is 0 Å². The first kappa shape index (κ1) is 22.0. The minimum Gasteiger partial charge on any atom is -0.308 e. The van der Waals surface area contributed by atoms with Crippen LogP contribution in [-0.2, 0) is 0 Å². The number of benzene rings is 7. The van der Waals surface area contributed by atoms with Gasteiger partial charge in [-0.15, -0.1) is 11.3 Å². The van der Waals surface area contributed by atoms with Crippen LogP contribution < -0.4 is 0 Å². The standard InChI is InChI=1S/C38H23NS/c1-2-13-27(14-3-1)39-33-20-9-8-17-31(33)34-29-15-6-7-16-30(29)35-32-19-10-18-28(37(32)40-38(35)36(34)39)26-22-21-24-11-4-5-12-25(24)23-26/h1-23H. The molecule has 0 aliphatic carbocycles. The molecule has 0 spiro atoms. The van der Waals surface area contributed by atoms with Crippen molar-refractivity contribution in [2.24, 2.45) is 0 Å². The fraction of sp³-hybridized carbons (Fsp3) is 0. The molecule has 0 amide bonds. The van der Waals surface area contributed by atoms with Crippen molar-refractivity contribution in [2.75, 3.05) is 0 Å². The van der Waals surface area contributed by atoms with Crippen LogP contribution in [0.25, 0.3) is 80.3 Å². The Balaban J connectivity index is 1.51. The van der Waals surface area contributed by atoms with E-state index in [1.54, 1.807) is 0 Å². The summed E-state index contributed by atoms with van der Waals surface area (Å²) in [5, 5.41) is 10.5. The van der Waals surface area contributed by atoms with Gasteiger partial charge in [0.2, 0.25) is 0 Å². The van der Waals surface area contributed by atoms with Gasteiger partial charge in [-0.2, -0.15) is 0 Å². The van der Waals surface area contributed by atoms with Crippen molar-refractivity contribution < 1.29 is 0 Å². The van der Waals surface area contributed by atoms with Crippen molar-refractivity contribution in [3.05, 3.63) is 140 Å². The third-order valence-corrected chi connectivity index (χ3v) is 9.59. The Bertz CT molecular complexity index is 2420. The van der Waals surface area contributed by atoms with Gasteiger partial charge in [0.25, 0.3) is 0 Å². The van der Waals surface area contributed by atoms with Crippen LogP contribution >= 0.6 is 11.3 Å². The molecular formula is C38H23NS. The smallest absolute Gasteiger partial charge is 0.0726 e. The maximum absolute atomic E-state index is 2.48. The molecule has 9 aromatic rings. The quantitative estimate of drug-likeness (QED) is 0.211. The van der Waals surface area contributed by atoms with Crippen molar-refractivity contribution in [1.82, 2.24) is 4.57 Å². The van der Waals surface area contributed by atoms with Gasteiger partial charge in [-0.3, -0.25) is 0 Å². The van der Waals surface area contributed by atoms with Crippen LogP contribution in [0.4, 0.5) is 0 Å². The molecule has 7 aromatic carbocycles. The average Bonchev–Trinajstić information content (AvgIpc) is 3.58. The largest absolute Gasteiger partial charge is 0.308 e. The predicted molar refractivity (Wildman–Crippen MR) is 174 cm³/mol. The van der Waals surface area contributed by atoms with Gasteiger partial charge in [0.05, 0.1) is 15.7 Å². The summed E-state index contributed by atoms with van der Waals surface area (Å²) in [6.45, 7) is 0. The first-order chi connectivity index (χ1) is 19.9. The topological polar surface area (TPSA) is 4.93 Å². The van der Waals surface area contributed by atoms with Gasteiger partial charge < -0.3 is 4.57 Å². The van der Waals surface area contributed by atoms with Crippen molar-refractivity contribution in [2.45, 2.75) is 0 Å². The average molecular weight is 526 g/mol. The lowest BCUT2D eigenvalue weighted by atomic mass is 9.96. The van der Waals surface area contributed by atoms with Crippen LogP contribution in [0.2, 0.25) is 0 Å². The van der Waals surface area contributed by atoms with E-state index >= 15 is 0 Å². The van der Waals surface area contributed by atoms with Gasteiger partial charge in [-0.25, -0.2) is 0 Å². The van der Waals surface area contributed by atoms with E-state index in [4.69, 9.17) is 0 Å². The normalized spacial score (nSPS) is 12.0. The second kappa shape index (κ2) is 8.29. The summed E-state index contributed by atoms with van der Waals surface area (Å²) in [4.78, 5) is 0. The monoisotopic (exact) mass is 525 g/mol. The maximum Gasteiger partial charge on any atom is 0.0726 e.